The maximum absolute atomic E-state index is 5.50. The van der Waals surface area contributed by atoms with Gasteiger partial charge in [-0.2, -0.15) is 0 Å². The van der Waals surface area contributed by atoms with Crippen molar-refractivity contribution in [2.75, 3.05) is 13.7 Å². The van der Waals surface area contributed by atoms with Gasteiger partial charge in [0.2, 0.25) is 0 Å². The Bertz CT molecular complexity index is 299. The third-order valence-corrected chi connectivity index (χ3v) is 2.64. The predicted octanol–water partition coefficient (Wildman–Crippen LogP) is 2.27. The molecule has 0 fully saturated rings. The topological polar surface area (TPSA) is 35.2 Å². The van der Waals surface area contributed by atoms with Gasteiger partial charge in [0.15, 0.2) is 0 Å². The second-order valence-electron chi connectivity index (χ2n) is 2.95. The molecule has 0 bridgehead atoms. The van der Waals surface area contributed by atoms with Crippen molar-refractivity contribution in [2.24, 2.45) is 5.73 Å². The van der Waals surface area contributed by atoms with Gasteiger partial charge in [-0.25, -0.2) is 0 Å². The number of hydrogen-bond donors (Lipinski definition) is 1. The number of hydrogen-bond acceptors (Lipinski definition) is 2. The second-order valence-corrected chi connectivity index (χ2v) is 3.81. The minimum Gasteiger partial charge on any atom is -0.496 e. The van der Waals surface area contributed by atoms with E-state index in [1.807, 2.05) is 6.07 Å². The van der Waals surface area contributed by atoms with Crippen molar-refractivity contribution in [3.05, 3.63) is 27.7 Å². The van der Waals surface area contributed by atoms with E-state index < -0.39 is 0 Å². The van der Waals surface area contributed by atoms with E-state index >= 15 is 0 Å². The van der Waals surface area contributed by atoms with Crippen LogP contribution in [-0.2, 0) is 6.42 Å². The van der Waals surface area contributed by atoms with E-state index in [9.17, 15) is 0 Å². The summed E-state index contributed by atoms with van der Waals surface area (Å²) in [6, 6.07) is 4.09. The van der Waals surface area contributed by atoms with Gasteiger partial charge in [0.25, 0.3) is 0 Å². The third kappa shape index (κ3) is 2.45. The highest BCUT2D eigenvalue weighted by Crippen LogP contribution is 2.28. The highest BCUT2D eigenvalue weighted by Gasteiger charge is 2.04. The summed E-state index contributed by atoms with van der Waals surface area (Å²) in [4.78, 5) is 0. The molecule has 0 spiro atoms. The van der Waals surface area contributed by atoms with E-state index in [2.05, 4.69) is 28.9 Å². The van der Waals surface area contributed by atoms with Crippen molar-refractivity contribution in [2.45, 2.75) is 13.3 Å². The molecular weight excluding hydrogens is 230 g/mol. The maximum Gasteiger partial charge on any atom is 0.133 e. The molecule has 0 unspecified atom stereocenters. The average Bonchev–Trinajstić information content (AvgIpc) is 2.11. The monoisotopic (exact) mass is 243 g/mol. The first kappa shape index (κ1) is 10.5. The summed E-state index contributed by atoms with van der Waals surface area (Å²) >= 11 is 3.45. The molecule has 2 nitrogen and oxygen atoms in total. The van der Waals surface area contributed by atoms with Crippen molar-refractivity contribution in [1.29, 1.82) is 0 Å². The Balaban J connectivity index is 3.05. The number of halogens is 1. The van der Waals surface area contributed by atoms with Crippen molar-refractivity contribution in [1.82, 2.24) is 0 Å². The fourth-order valence-electron chi connectivity index (χ4n) is 1.28. The van der Waals surface area contributed by atoms with Crippen LogP contribution in [0.25, 0.3) is 0 Å². The minimum atomic E-state index is 0.680. The van der Waals surface area contributed by atoms with E-state index in [1.54, 1.807) is 7.11 Å². The minimum absolute atomic E-state index is 0.680. The molecule has 0 saturated heterocycles. The van der Waals surface area contributed by atoms with Crippen molar-refractivity contribution < 1.29 is 4.74 Å². The Morgan fingerprint density at radius 1 is 1.46 bits per heavy atom. The van der Waals surface area contributed by atoms with Crippen LogP contribution < -0.4 is 10.5 Å². The highest BCUT2D eigenvalue weighted by atomic mass is 79.9. The van der Waals surface area contributed by atoms with E-state index in [0.29, 0.717) is 6.54 Å². The van der Waals surface area contributed by atoms with Gasteiger partial charge in [0.05, 0.1) is 11.6 Å². The SMILES string of the molecule is COc1cc(C)c(CCN)cc1Br. The fraction of sp³-hybridized carbons (Fsp3) is 0.400. The van der Waals surface area contributed by atoms with E-state index in [1.165, 1.54) is 11.1 Å². The Hall–Kier alpha value is -0.540. The van der Waals surface area contributed by atoms with Crippen LogP contribution in [0.2, 0.25) is 0 Å². The molecule has 0 saturated carbocycles. The Labute approximate surface area is 87.2 Å². The molecule has 0 atom stereocenters. The average molecular weight is 244 g/mol. The zero-order valence-corrected chi connectivity index (χ0v) is 9.52. The number of nitrogens with two attached hydrogens (primary N) is 1. The summed E-state index contributed by atoms with van der Waals surface area (Å²) in [5, 5.41) is 0. The molecule has 0 aromatic heterocycles. The van der Waals surface area contributed by atoms with Crippen LogP contribution in [0.4, 0.5) is 0 Å². The van der Waals surface area contributed by atoms with Gasteiger partial charge in [-0.15, -0.1) is 0 Å². The molecule has 2 N–H and O–H groups in total. The van der Waals surface area contributed by atoms with Crippen molar-refractivity contribution in [3.8, 4) is 5.75 Å². The number of rotatable bonds is 3. The Kier molecular flexibility index (Phi) is 3.75. The lowest BCUT2D eigenvalue weighted by molar-refractivity contribution is 0.411. The second kappa shape index (κ2) is 4.63. The van der Waals surface area contributed by atoms with Gasteiger partial charge < -0.3 is 10.5 Å². The molecule has 0 heterocycles. The molecule has 0 amide bonds. The standard InChI is InChI=1S/C10H14BrNO/c1-7-5-10(13-2)9(11)6-8(7)3-4-12/h5-6H,3-4,12H2,1-2H3. The van der Waals surface area contributed by atoms with Crippen LogP contribution in [0.5, 0.6) is 5.75 Å². The normalized spacial score (nSPS) is 10.2. The van der Waals surface area contributed by atoms with E-state index in [-0.39, 0.29) is 0 Å². The van der Waals surface area contributed by atoms with Crippen molar-refractivity contribution in [3.63, 3.8) is 0 Å². The predicted molar refractivity (Wildman–Crippen MR) is 58.2 cm³/mol. The van der Waals surface area contributed by atoms with Crippen LogP contribution in [0.15, 0.2) is 16.6 Å². The molecule has 1 aromatic rings. The largest absolute Gasteiger partial charge is 0.496 e. The summed E-state index contributed by atoms with van der Waals surface area (Å²) in [6.45, 7) is 2.75. The maximum atomic E-state index is 5.50. The molecule has 0 aliphatic rings. The zero-order valence-electron chi connectivity index (χ0n) is 7.93. The summed E-state index contributed by atoms with van der Waals surface area (Å²) in [5.74, 6) is 0.873. The van der Waals surface area contributed by atoms with Gasteiger partial charge in [-0.3, -0.25) is 0 Å². The van der Waals surface area contributed by atoms with Gasteiger partial charge >= 0.3 is 0 Å². The van der Waals surface area contributed by atoms with Crippen LogP contribution in [0.1, 0.15) is 11.1 Å². The van der Waals surface area contributed by atoms with Crippen LogP contribution in [-0.4, -0.2) is 13.7 Å². The molecule has 0 radical (unpaired) electrons. The number of methoxy groups -OCH3 is 1. The van der Waals surface area contributed by atoms with Crippen LogP contribution in [0.3, 0.4) is 0 Å². The summed E-state index contributed by atoms with van der Waals surface area (Å²) in [6.07, 6.45) is 0.911. The molecule has 0 aliphatic heterocycles. The van der Waals surface area contributed by atoms with Gasteiger partial charge in [0.1, 0.15) is 5.75 Å². The molecule has 1 aromatic carbocycles. The van der Waals surface area contributed by atoms with Gasteiger partial charge in [-0.1, -0.05) is 0 Å². The Morgan fingerprint density at radius 3 is 2.69 bits per heavy atom. The van der Waals surface area contributed by atoms with Gasteiger partial charge in [0, 0.05) is 0 Å². The first-order chi connectivity index (χ1) is 6.19. The summed E-state index contributed by atoms with van der Waals surface area (Å²) < 4.78 is 6.17. The lowest BCUT2D eigenvalue weighted by Crippen LogP contribution is -2.04. The van der Waals surface area contributed by atoms with E-state index in [0.717, 1.165) is 16.6 Å². The fourth-order valence-corrected chi connectivity index (χ4v) is 1.83. The summed E-state index contributed by atoms with van der Waals surface area (Å²) in [7, 11) is 1.67. The smallest absolute Gasteiger partial charge is 0.133 e. The quantitative estimate of drug-likeness (QED) is 0.885. The van der Waals surface area contributed by atoms with Gasteiger partial charge in [-0.05, 0) is 59.1 Å². The van der Waals surface area contributed by atoms with Crippen molar-refractivity contribution >= 4 is 15.9 Å². The molecule has 72 valence electrons. The summed E-state index contributed by atoms with van der Waals surface area (Å²) in [5.41, 5.74) is 8.00. The molecule has 13 heavy (non-hydrogen) atoms. The lowest BCUT2D eigenvalue weighted by atomic mass is 10.1. The number of ether oxygens (including phenoxy) is 1. The molecular formula is C10H14BrNO. The molecule has 0 aliphatic carbocycles. The lowest BCUT2D eigenvalue weighted by Gasteiger charge is -2.09. The molecule has 3 heteroatoms. The first-order valence-electron chi connectivity index (χ1n) is 4.22. The zero-order chi connectivity index (χ0) is 9.84. The number of benzene rings is 1. The third-order valence-electron chi connectivity index (χ3n) is 2.02. The van der Waals surface area contributed by atoms with Crippen LogP contribution >= 0.6 is 15.9 Å². The van der Waals surface area contributed by atoms with Crippen LogP contribution in [0, 0.1) is 6.92 Å². The first-order valence-corrected chi connectivity index (χ1v) is 5.01. The van der Waals surface area contributed by atoms with E-state index in [4.69, 9.17) is 10.5 Å². The number of aryl methyl sites for hydroxylation is 1. The Morgan fingerprint density at radius 2 is 2.15 bits per heavy atom. The molecule has 1 rings (SSSR count). The highest BCUT2D eigenvalue weighted by molar-refractivity contribution is 9.10.